The first kappa shape index (κ1) is 10.3. The molecule has 1 heterocycles. The Hall–Kier alpha value is -1.20. The minimum absolute atomic E-state index is 0.274. The van der Waals surface area contributed by atoms with Crippen molar-refractivity contribution in [3.63, 3.8) is 0 Å². The van der Waals surface area contributed by atoms with Crippen LogP contribution in [0.3, 0.4) is 0 Å². The Bertz CT molecular complexity index is 481. The Morgan fingerprint density at radius 3 is 2.87 bits per heavy atom. The maximum atomic E-state index is 12.9. The predicted molar refractivity (Wildman–Crippen MR) is 59.6 cm³/mol. The zero-order valence-electron chi connectivity index (χ0n) is 7.80. The number of imidazole rings is 1. The van der Waals surface area contributed by atoms with Gasteiger partial charge in [-0.1, -0.05) is 0 Å². The second kappa shape index (κ2) is 4.12. The first-order valence-corrected chi connectivity index (χ1v) is 5.19. The first-order valence-electron chi connectivity index (χ1n) is 4.40. The number of benzene rings is 1. The third-order valence-electron chi connectivity index (χ3n) is 2.04. The highest BCUT2D eigenvalue weighted by atomic mass is 79.9. The van der Waals surface area contributed by atoms with Gasteiger partial charge in [-0.25, -0.2) is 9.37 Å². The molecule has 0 fully saturated rings. The van der Waals surface area contributed by atoms with E-state index in [-0.39, 0.29) is 5.82 Å². The second-order valence-electron chi connectivity index (χ2n) is 3.07. The fourth-order valence-corrected chi connectivity index (χ4v) is 1.88. The molecule has 0 amide bonds. The Morgan fingerprint density at radius 1 is 1.47 bits per heavy atom. The fraction of sp³-hybridized carbons (Fsp3) is 0.100. The van der Waals surface area contributed by atoms with E-state index in [1.54, 1.807) is 12.3 Å². The van der Waals surface area contributed by atoms with Crippen molar-refractivity contribution in [3.05, 3.63) is 40.5 Å². The second-order valence-corrected chi connectivity index (χ2v) is 3.93. The highest BCUT2D eigenvalue weighted by molar-refractivity contribution is 9.10. The van der Waals surface area contributed by atoms with Crippen LogP contribution in [0.1, 0.15) is 5.82 Å². The molecule has 0 aliphatic rings. The molecule has 15 heavy (non-hydrogen) atoms. The van der Waals surface area contributed by atoms with Gasteiger partial charge in [0, 0.05) is 10.0 Å². The molecular formula is C10H9BrFN3. The highest BCUT2D eigenvalue weighted by Crippen LogP contribution is 2.27. The van der Waals surface area contributed by atoms with Crippen LogP contribution in [0.25, 0.3) is 11.3 Å². The van der Waals surface area contributed by atoms with Gasteiger partial charge in [0.2, 0.25) is 0 Å². The van der Waals surface area contributed by atoms with Gasteiger partial charge in [-0.3, -0.25) is 0 Å². The van der Waals surface area contributed by atoms with Gasteiger partial charge >= 0.3 is 0 Å². The van der Waals surface area contributed by atoms with Crippen molar-refractivity contribution in [2.24, 2.45) is 5.73 Å². The molecule has 2 aromatic rings. The van der Waals surface area contributed by atoms with Gasteiger partial charge in [-0.15, -0.1) is 0 Å². The minimum Gasteiger partial charge on any atom is -0.341 e. The van der Waals surface area contributed by atoms with E-state index in [2.05, 4.69) is 25.9 Å². The van der Waals surface area contributed by atoms with Crippen molar-refractivity contribution in [1.29, 1.82) is 0 Å². The predicted octanol–water partition coefficient (Wildman–Crippen LogP) is 2.44. The van der Waals surface area contributed by atoms with Crippen LogP contribution in [0.15, 0.2) is 28.9 Å². The molecule has 78 valence electrons. The molecule has 0 aliphatic heterocycles. The number of aromatic nitrogens is 2. The summed E-state index contributed by atoms with van der Waals surface area (Å²) in [6.45, 7) is 0.360. The van der Waals surface area contributed by atoms with Crippen LogP contribution >= 0.6 is 15.9 Å². The lowest BCUT2D eigenvalue weighted by molar-refractivity contribution is 0.627. The molecule has 0 unspecified atom stereocenters. The summed E-state index contributed by atoms with van der Waals surface area (Å²) < 4.78 is 13.5. The number of nitrogens with one attached hydrogen (secondary N) is 1. The summed E-state index contributed by atoms with van der Waals surface area (Å²) in [6, 6.07) is 4.51. The summed E-state index contributed by atoms with van der Waals surface area (Å²) in [6.07, 6.45) is 1.68. The molecule has 3 N–H and O–H groups in total. The topological polar surface area (TPSA) is 54.7 Å². The van der Waals surface area contributed by atoms with Crippen molar-refractivity contribution in [2.75, 3.05) is 0 Å². The number of rotatable bonds is 2. The summed E-state index contributed by atoms with van der Waals surface area (Å²) in [5.41, 5.74) is 7.12. The molecule has 0 bridgehead atoms. The van der Waals surface area contributed by atoms with Gasteiger partial charge in [0.15, 0.2) is 0 Å². The highest BCUT2D eigenvalue weighted by Gasteiger charge is 2.06. The monoisotopic (exact) mass is 269 g/mol. The molecule has 1 aromatic heterocycles. The van der Waals surface area contributed by atoms with Gasteiger partial charge in [0.1, 0.15) is 11.6 Å². The Kier molecular flexibility index (Phi) is 2.83. The molecule has 0 saturated heterocycles. The molecule has 0 atom stereocenters. The van der Waals surface area contributed by atoms with E-state index in [9.17, 15) is 4.39 Å². The van der Waals surface area contributed by atoms with Crippen molar-refractivity contribution in [2.45, 2.75) is 6.54 Å². The number of aromatic amines is 1. The van der Waals surface area contributed by atoms with Crippen molar-refractivity contribution < 1.29 is 4.39 Å². The van der Waals surface area contributed by atoms with E-state index in [1.807, 2.05) is 0 Å². The summed E-state index contributed by atoms with van der Waals surface area (Å²) in [5.74, 6) is 0.436. The van der Waals surface area contributed by atoms with E-state index >= 15 is 0 Å². The van der Waals surface area contributed by atoms with Crippen LogP contribution in [0.2, 0.25) is 0 Å². The molecular weight excluding hydrogens is 261 g/mol. The lowest BCUT2D eigenvalue weighted by Crippen LogP contribution is -1.97. The smallest absolute Gasteiger partial charge is 0.124 e. The normalized spacial score (nSPS) is 10.6. The first-order chi connectivity index (χ1) is 7.20. The summed E-state index contributed by atoms with van der Waals surface area (Å²) in [7, 11) is 0. The zero-order chi connectivity index (χ0) is 10.8. The van der Waals surface area contributed by atoms with Gasteiger partial charge in [-0.05, 0) is 34.1 Å². The van der Waals surface area contributed by atoms with Gasteiger partial charge in [0.05, 0.1) is 18.4 Å². The Morgan fingerprint density at radius 2 is 2.27 bits per heavy atom. The molecule has 0 radical (unpaired) electrons. The average Bonchev–Trinajstić information content (AvgIpc) is 2.66. The maximum Gasteiger partial charge on any atom is 0.124 e. The van der Waals surface area contributed by atoms with Crippen LogP contribution in [0.4, 0.5) is 4.39 Å². The van der Waals surface area contributed by atoms with E-state index in [0.29, 0.717) is 16.8 Å². The van der Waals surface area contributed by atoms with Crippen LogP contribution in [0.5, 0.6) is 0 Å². The molecule has 0 spiro atoms. The minimum atomic E-state index is -0.274. The van der Waals surface area contributed by atoms with E-state index in [4.69, 9.17) is 5.73 Å². The molecule has 0 aliphatic carbocycles. The standard InChI is InChI=1S/C10H9BrFN3/c11-8-3-6(12)1-2-7(8)9-5-14-10(4-13)15-9/h1-3,5H,4,13H2,(H,14,15). The third-order valence-corrected chi connectivity index (χ3v) is 2.70. The van der Waals surface area contributed by atoms with E-state index < -0.39 is 0 Å². The van der Waals surface area contributed by atoms with Gasteiger partial charge in [-0.2, -0.15) is 0 Å². The Labute approximate surface area is 94.7 Å². The number of nitrogens with zero attached hydrogens (tertiary/aromatic N) is 1. The molecule has 1 aromatic carbocycles. The number of hydrogen-bond donors (Lipinski definition) is 2. The SMILES string of the molecule is NCc1ncc(-c2ccc(F)cc2Br)[nH]1. The quantitative estimate of drug-likeness (QED) is 0.880. The molecule has 2 rings (SSSR count). The van der Waals surface area contributed by atoms with Gasteiger partial charge in [0.25, 0.3) is 0 Å². The molecule has 0 saturated carbocycles. The number of H-pyrrole nitrogens is 1. The fourth-order valence-electron chi connectivity index (χ4n) is 1.31. The number of hydrogen-bond acceptors (Lipinski definition) is 2. The molecule has 3 nitrogen and oxygen atoms in total. The molecule has 5 heteroatoms. The summed E-state index contributed by atoms with van der Waals surface area (Å²) in [5, 5.41) is 0. The van der Waals surface area contributed by atoms with E-state index in [1.165, 1.54) is 12.1 Å². The lowest BCUT2D eigenvalue weighted by atomic mass is 10.2. The zero-order valence-corrected chi connectivity index (χ0v) is 9.38. The van der Waals surface area contributed by atoms with Crippen LogP contribution in [0, 0.1) is 5.82 Å². The third kappa shape index (κ3) is 2.08. The van der Waals surface area contributed by atoms with Crippen molar-refractivity contribution >= 4 is 15.9 Å². The van der Waals surface area contributed by atoms with Gasteiger partial charge < -0.3 is 10.7 Å². The largest absolute Gasteiger partial charge is 0.341 e. The van der Waals surface area contributed by atoms with Crippen LogP contribution < -0.4 is 5.73 Å². The van der Waals surface area contributed by atoms with Crippen LogP contribution in [-0.4, -0.2) is 9.97 Å². The number of nitrogens with two attached hydrogens (primary N) is 1. The van der Waals surface area contributed by atoms with Crippen molar-refractivity contribution in [1.82, 2.24) is 9.97 Å². The summed E-state index contributed by atoms with van der Waals surface area (Å²) >= 11 is 3.30. The lowest BCUT2D eigenvalue weighted by Gasteiger charge is -2.01. The maximum absolute atomic E-state index is 12.9. The average molecular weight is 270 g/mol. The summed E-state index contributed by atoms with van der Waals surface area (Å²) in [4.78, 5) is 7.13. The van der Waals surface area contributed by atoms with Crippen molar-refractivity contribution in [3.8, 4) is 11.3 Å². The van der Waals surface area contributed by atoms with Crippen LogP contribution in [-0.2, 0) is 6.54 Å². The van der Waals surface area contributed by atoms with E-state index in [0.717, 1.165) is 11.3 Å². The Balaban J connectivity index is 2.44. The number of halogens is 2.